The second-order valence-electron chi connectivity index (χ2n) is 6.95. The highest BCUT2D eigenvalue weighted by Gasteiger charge is 2.30. The summed E-state index contributed by atoms with van der Waals surface area (Å²) in [6.45, 7) is 3.55. The van der Waals surface area contributed by atoms with E-state index in [0.29, 0.717) is 32.6 Å². The van der Waals surface area contributed by atoms with Gasteiger partial charge in [-0.2, -0.15) is 0 Å². The van der Waals surface area contributed by atoms with Gasteiger partial charge in [0, 0.05) is 32.1 Å². The monoisotopic (exact) mass is 381 g/mol. The first-order chi connectivity index (χ1) is 12.4. The van der Waals surface area contributed by atoms with Crippen LogP contribution in [0.15, 0.2) is 24.3 Å². The van der Waals surface area contributed by atoms with Crippen LogP contribution >= 0.6 is 0 Å². The zero-order chi connectivity index (χ0) is 18.6. The molecule has 0 spiro atoms. The normalized spacial score (nSPS) is 22.5. The van der Waals surface area contributed by atoms with Gasteiger partial charge in [-0.3, -0.25) is 4.79 Å². The van der Waals surface area contributed by atoms with E-state index in [0.717, 1.165) is 24.5 Å². The molecule has 3 rings (SSSR count). The number of morpholine rings is 1. The minimum absolute atomic E-state index is 0.0217. The molecule has 2 aliphatic heterocycles. The van der Waals surface area contributed by atoms with Gasteiger partial charge < -0.3 is 19.9 Å². The summed E-state index contributed by atoms with van der Waals surface area (Å²) < 4.78 is 28.6. The molecule has 8 heteroatoms. The van der Waals surface area contributed by atoms with Crippen LogP contribution in [0.5, 0.6) is 0 Å². The third-order valence-corrected chi connectivity index (χ3v) is 6.80. The van der Waals surface area contributed by atoms with Crippen molar-refractivity contribution >= 4 is 27.1 Å². The van der Waals surface area contributed by atoms with E-state index in [-0.39, 0.29) is 23.5 Å². The van der Waals surface area contributed by atoms with Crippen LogP contribution in [0, 0.1) is 0 Å². The molecule has 0 radical (unpaired) electrons. The summed E-state index contributed by atoms with van der Waals surface area (Å²) in [5.41, 5.74) is 1.82. The van der Waals surface area contributed by atoms with E-state index in [1.807, 2.05) is 36.2 Å². The number of ether oxygens (including phenoxy) is 1. The topological polar surface area (TPSA) is 79.0 Å². The number of sulfone groups is 1. The van der Waals surface area contributed by atoms with E-state index < -0.39 is 9.84 Å². The summed E-state index contributed by atoms with van der Waals surface area (Å²) in [4.78, 5) is 16.6. The molecule has 2 saturated heterocycles. The third-order valence-electron chi connectivity index (χ3n) is 5.05. The Labute approximate surface area is 155 Å². The molecule has 7 nitrogen and oxygen atoms in total. The lowest BCUT2D eigenvalue weighted by atomic mass is 10.2. The van der Waals surface area contributed by atoms with Gasteiger partial charge in [-0.15, -0.1) is 0 Å². The van der Waals surface area contributed by atoms with E-state index in [9.17, 15) is 13.2 Å². The highest BCUT2D eigenvalue weighted by Crippen LogP contribution is 2.26. The molecule has 1 atom stereocenters. The molecule has 2 aliphatic rings. The Balaban J connectivity index is 1.53. The molecule has 1 unspecified atom stereocenters. The number of carbonyl (C=O) groups is 1. The lowest BCUT2D eigenvalue weighted by molar-refractivity contribution is -0.116. The van der Waals surface area contributed by atoms with Gasteiger partial charge in [0.1, 0.15) is 0 Å². The van der Waals surface area contributed by atoms with E-state index in [4.69, 9.17) is 4.74 Å². The van der Waals surface area contributed by atoms with Crippen LogP contribution in [-0.4, -0.2) is 76.7 Å². The van der Waals surface area contributed by atoms with Crippen molar-refractivity contribution in [2.24, 2.45) is 0 Å². The maximum Gasteiger partial charge on any atom is 0.225 e. The Hall–Kier alpha value is -1.64. The Bertz CT molecular complexity index is 732. The quantitative estimate of drug-likeness (QED) is 0.791. The molecule has 2 heterocycles. The predicted octanol–water partition coefficient (Wildman–Crippen LogP) is 0.971. The smallest absolute Gasteiger partial charge is 0.225 e. The van der Waals surface area contributed by atoms with Gasteiger partial charge in [0.25, 0.3) is 0 Å². The number of anilines is 2. The Morgan fingerprint density at radius 1 is 1.31 bits per heavy atom. The van der Waals surface area contributed by atoms with E-state index in [1.54, 1.807) is 0 Å². The molecule has 26 heavy (non-hydrogen) atoms. The van der Waals surface area contributed by atoms with Crippen molar-refractivity contribution in [2.45, 2.75) is 18.9 Å². The van der Waals surface area contributed by atoms with Crippen LogP contribution in [-0.2, 0) is 19.4 Å². The van der Waals surface area contributed by atoms with Gasteiger partial charge in [-0.25, -0.2) is 8.42 Å². The molecule has 1 N–H and O–H groups in total. The molecular weight excluding hydrogens is 354 g/mol. The number of nitrogens with one attached hydrogen (secondary N) is 1. The van der Waals surface area contributed by atoms with Crippen LogP contribution in [0.25, 0.3) is 0 Å². The zero-order valence-corrected chi connectivity index (χ0v) is 16.0. The number of rotatable bonds is 6. The van der Waals surface area contributed by atoms with Crippen molar-refractivity contribution in [2.75, 3.05) is 61.6 Å². The summed E-state index contributed by atoms with van der Waals surface area (Å²) in [7, 11) is -1.01. The Morgan fingerprint density at radius 2 is 2.04 bits per heavy atom. The van der Waals surface area contributed by atoms with E-state index >= 15 is 0 Å². The number of para-hydroxylation sites is 2. The molecule has 2 fully saturated rings. The number of nitrogens with zero attached hydrogens (tertiary/aromatic N) is 2. The molecule has 0 aromatic heterocycles. The number of hydrogen-bond donors (Lipinski definition) is 1. The van der Waals surface area contributed by atoms with Crippen molar-refractivity contribution in [1.29, 1.82) is 0 Å². The summed E-state index contributed by atoms with van der Waals surface area (Å²) in [6, 6.07) is 7.82. The Kier molecular flexibility index (Phi) is 6.16. The molecule has 0 saturated carbocycles. The number of carbonyl (C=O) groups excluding carboxylic acids is 1. The first-order valence-corrected chi connectivity index (χ1v) is 10.9. The fourth-order valence-corrected chi connectivity index (χ4v) is 5.26. The molecular formula is C18H27N3O4S. The van der Waals surface area contributed by atoms with Crippen LogP contribution in [0.4, 0.5) is 11.4 Å². The minimum atomic E-state index is -2.90. The van der Waals surface area contributed by atoms with Gasteiger partial charge in [0.05, 0.1) is 36.1 Å². The predicted molar refractivity (Wildman–Crippen MR) is 102 cm³/mol. The maximum absolute atomic E-state index is 12.4. The van der Waals surface area contributed by atoms with E-state index in [1.165, 1.54) is 0 Å². The largest absolute Gasteiger partial charge is 0.378 e. The van der Waals surface area contributed by atoms with Crippen LogP contribution in [0.3, 0.4) is 0 Å². The van der Waals surface area contributed by atoms with Gasteiger partial charge >= 0.3 is 0 Å². The number of hydrogen-bond acceptors (Lipinski definition) is 6. The summed E-state index contributed by atoms with van der Waals surface area (Å²) in [5.74, 6) is 0.393. The van der Waals surface area contributed by atoms with Crippen LogP contribution in [0.1, 0.15) is 12.8 Å². The fourth-order valence-electron chi connectivity index (χ4n) is 3.46. The Morgan fingerprint density at radius 3 is 2.73 bits per heavy atom. The standard InChI is InChI=1S/C18H27N3O4S/c1-20(15-7-13-26(23,24)14-15)8-6-18(22)19-16-4-2-3-5-17(16)21-9-11-25-12-10-21/h2-5,15H,6-14H2,1H3,(H,19,22). The molecule has 1 aromatic carbocycles. The first kappa shape index (κ1) is 19.1. The average Bonchev–Trinajstić information content (AvgIpc) is 3.01. The highest BCUT2D eigenvalue weighted by molar-refractivity contribution is 7.91. The molecule has 1 aromatic rings. The lowest BCUT2D eigenvalue weighted by Crippen LogP contribution is -2.37. The van der Waals surface area contributed by atoms with Crippen molar-refractivity contribution in [3.8, 4) is 0 Å². The minimum Gasteiger partial charge on any atom is -0.378 e. The van der Waals surface area contributed by atoms with Crippen LogP contribution < -0.4 is 10.2 Å². The average molecular weight is 381 g/mol. The van der Waals surface area contributed by atoms with Crippen molar-refractivity contribution in [3.05, 3.63) is 24.3 Å². The lowest BCUT2D eigenvalue weighted by Gasteiger charge is -2.30. The fraction of sp³-hybridized carbons (Fsp3) is 0.611. The number of benzene rings is 1. The highest BCUT2D eigenvalue weighted by atomic mass is 32.2. The van der Waals surface area contributed by atoms with Crippen molar-refractivity contribution in [1.82, 2.24) is 4.90 Å². The second-order valence-corrected chi connectivity index (χ2v) is 9.18. The molecule has 1 amide bonds. The third kappa shape index (κ3) is 4.96. The zero-order valence-electron chi connectivity index (χ0n) is 15.2. The summed E-state index contributed by atoms with van der Waals surface area (Å²) in [5, 5.41) is 3.00. The van der Waals surface area contributed by atoms with E-state index in [2.05, 4.69) is 10.2 Å². The maximum atomic E-state index is 12.4. The summed E-state index contributed by atoms with van der Waals surface area (Å²) >= 11 is 0. The van der Waals surface area contributed by atoms with Gasteiger partial charge in [-0.05, 0) is 25.6 Å². The SMILES string of the molecule is CN(CCC(=O)Nc1ccccc1N1CCOCC1)C1CCS(=O)(=O)C1. The summed E-state index contributed by atoms with van der Waals surface area (Å²) in [6.07, 6.45) is 0.991. The first-order valence-electron chi connectivity index (χ1n) is 9.07. The van der Waals surface area contributed by atoms with Gasteiger partial charge in [-0.1, -0.05) is 12.1 Å². The number of amides is 1. The van der Waals surface area contributed by atoms with Crippen molar-refractivity contribution < 1.29 is 17.9 Å². The molecule has 0 bridgehead atoms. The van der Waals surface area contributed by atoms with Crippen molar-refractivity contribution in [3.63, 3.8) is 0 Å². The van der Waals surface area contributed by atoms with Gasteiger partial charge in [0.2, 0.25) is 5.91 Å². The molecule has 0 aliphatic carbocycles. The van der Waals surface area contributed by atoms with Crippen LogP contribution in [0.2, 0.25) is 0 Å². The second kappa shape index (κ2) is 8.37. The van der Waals surface area contributed by atoms with Gasteiger partial charge in [0.15, 0.2) is 9.84 Å². The molecule has 144 valence electrons.